The number of aromatic nitrogens is 1. The number of rotatable bonds is 10. The molecule has 1 aliphatic carbocycles. The lowest BCUT2D eigenvalue weighted by Crippen LogP contribution is -2.36. The molecule has 0 aliphatic heterocycles. The quantitative estimate of drug-likeness (QED) is 0.531. The summed E-state index contributed by atoms with van der Waals surface area (Å²) >= 11 is 0. The van der Waals surface area contributed by atoms with E-state index in [1.807, 2.05) is 0 Å². The molecule has 1 heterocycles. The molecule has 0 radical (unpaired) electrons. The number of hydrogen-bond donors (Lipinski definition) is 3. The van der Waals surface area contributed by atoms with Gasteiger partial charge in [0.05, 0.1) is 0 Å². The highest BCUT2D eigenvalue weighted by molar-refractivity contribution is 5.92. The van der Waals surface area contributed by atoms with Crippen LogP contribution in [0.1, 0.15) is 61.2 Å². The molecule has 146 valence electrons. The Bertz CT molecular complexity index is 465. The normalized spacial score (nSPS) is 14.4. The Kier molecular flexibility index (Phi) is 13.9. The highest BCUT2D eigenvalue weighted by atomic mass is 35.5. The summed E-state index contributed by atoms with van der Waals surface area (Å²) < 4.78 is 4.88. The van der Waals surface area contributed by atoms with Crippen molar-refractivity contribution in [2.45, 2.75) is 57.9 Å². The predicted molar refractivity (Wildman–Crippen MR) is 105 cm³/mol. The number of nitrogens with one attached hydrogen (secondary N) is 3. The Hall–Kier alpha value is -0.820. The van der Waals surface area contributed by atoms with Gasteiger partial charge in [-0.3, -0.25) is 4.79 Å². The van der Waals surface area contributed by atoms with E-state index in [1.165, 1.54) is 32.1 Å². The van der Waals surface area contributed by atoms with Crippen molar-refractivity contribution in [2.75, 3.05) is 26.2 Å². The topological polar surface area (TPSA) is 79.2 Å². The Labute approximate surface area is 163 Å². The summed E-state index contributed by atoms with van der Waals surface area (Å²) in [5.41, 5.74) is 0.356. The van der Waals surface area contributed by atoms with Gasteiger partial charge in [-0.2, -0.15) is 0 Å². The van der Waals surface area contributed by atoms with Crippen LogP contribution in [-0.4, -0.2) is 43.3 Å². The van der Waals surface area contributed by atoms with Crippen molar-refractivity contribution in [3.8, 4) is 0 Å². The SMILES string of the molecule is Cc1cc(C(=O)NCCCCNCCNC2CCCCC2)no1.Cl.Cl. The summed E-state index contributed by atoms with van der Waals surface area (Å²) in [7, 11) is 0. The largest absolute Gasteiger partial charge is 0.361 e. The molecule has 0 aromatic carbocycles. The highest BCUT2D eigenvalue weighted by Gasteiger charge is 2.11. The third-order valence-corrected chi connectivity index (χ3v) is 4.27. The van der Waals surface area contributed by atoms with E-state index >= 15 is 0 Å². The van der Waals surface area contributed by atoms with Gasteiger partial charge in [0.1, 0.15) is 5.76 Å². The lowest BCUT2D eigenvalue weighted by Gasteiger charge is -2.22. The van der Waals surface area contributed by atoms with Crippen LogP contribution in [0.2, 0.25) is 0 Å². The van der Waals surface area contributed by atoms with Gasteiger partial charge in [-0.1, -0.05) is 24.4 Å². The maximum atomic E-state index is 11.7. The molecule has 0 unspecified atom stereocenters. The number of unbranched alkanes of at least 4 members (excludes halogenated alkanes) is 1. The lowest BCUT2D eigenvalue weighted by atomic mass is 9.95. The molecule has 6 nitrogen and oxygen atoms in total. The van der Waals surface area contributed by atoms with Crippen LogP contribution in [0.4, 0.5) is 0 Å². The van der Waals surface area contributed by atoms with E-state index in [0.29, 0.717) is 18.0 Å². The first-order chi connectivity index (χ1) is 11.3. The molecule has 8 heteroatoms. The van der Waals surface area contributed by atoms with E-state index in [0.717, 1.165) is 38.5 Å². The standard InChI is InChI=1S/C17H30N4O2.2ClH/c1-14-13-16(21-23-14)17(22)20-10-6-5-9-18-11-12-19-15-7-3-2-4-8-15;;/h13,15,18-19H,2-12H2,1H3,(H,20,22);2*1H. The Morgan fingerprint density at radius 2 is 1.84 bits per heavy atom. The van der Waals surface area contributed by atoms with Crippen molar-refractivity contribution in [2.24, 2.45) is 0 Å². The van der Waals surface area contributed by atoms with E-state index < -0.39 is 0 Å². The molecule has 0 spiro atoms. The smallest absolute Gasteiger partial charge is 0.273 e. The van der Waals surface area contributed by atoms with Gasteiger partial charge in [0.2, 0.25) is 0 Å². The molecular formula is C17H32Cl2N4O2. The second kappa shape index (κ2) is 14.4. The number of aryl methyl sites for hydroxylation is 1. The van der Waals surface area contributed by atoms with Crippen molar-refractivity contribution in [1.29, 1.82) is 0 Å². The third-order valence-electron chi connectivity index (χ3n) is 4.27. The number of halogens is 2. The van der Waals surface area contributed by atoms with Crippen LogP contribution in [0.15, 0.2) is 10.6 Å². The van der Waals surface area contributed by atoms with E-state index in [4.69, 9.17) is 4.52 Å². The van der Waals surface area contributed by atoms with Crippen LogP contribution >= 0.6 is 24.8 Å². The van der Waals surface area contributed by atoms with Gasteiger partial charge >= 0.3 is 0 Å². The summed E-state index contributed by atoms with van der Waals surface area (Å²) in [5.74, 6) is 0.493. The summed E-state index contributed by atoms with van der Waals surface area (Å²) in [6.45, 7) is 5.50. The molecule has 2 rings (SSSR count). The van der Waals surface area contributed by atoms with Gasteiger partial charge in [0.25, 0.3) is 5.91 Å². The molecule has 0 saturated heterocycles. The van der Waals surface area contributed by atoms with E-state index in [2.05, 4.69) is 21.1 Å². The maximum Gasteiger partial charge on any atom is 0.273 e. The first-order valence-corrected chi connectivity index (χ1v) is 8.91. The molecule has 1 aliphatic rings. The summed E-state index contributed by atoms with van der Waals surface area (Å²) in [6.07, 6.45) is 8.86. The zero-order valence-corrected chi connectivity index (χ0v) is 16.6. The van der Waals surface area contributed by atoms with Gasteiger partial charge in [-0.25, -0.2) is 0 Å². The lowest BCUT2D eigenvalue weighted by molar-refractivity contribution is 0.0944. The minimum atomic E-state index is -0.161. The van der Waals surface area contributed by atoms with Crippen LogP contribution < -0.4 is 16.0 Å². The van der Waals surface area contributed by atoms with Crippen LogP contribution in [0.3, 0.4) is 0 Å². The molecule has 0 bridgehead atoms. The monoisotopic (exact) mass is 394 g/mol. The summed E-state index contributed by atoms with van der Waals surface area (Å²) in [5, 5.41) is 13.6. The van der Waals surface area contributed by atoms with Gasteiger partial charge in [-0.05, 0) is 39.2 Å². The van der Waals surface area contributed by atoms with E-state index in [-0.39, 0.29) is 30.7 Å². The first-order valence-electron chi connectivity index (χ1n) is 8.91. The molecule has 1 saturated carbocycles. The molecule has 0 atom stereocenters. The fraction of sp³-hybridized carbons (Fsp3) is 0.765. The Balaban J connectivity index is 0.00000288. The summed E-state index contributed by atoms with van der Waals surface area (Å²) in [6, 6.07) is 2.39. The number of nitrogens with zero attached hydrogens (tertiary/aromatic N) is 1. The Morgan fingerprint density at radius 1 is 1.12 bits per heavy atom. The number of carbonyl (C=O) groups is 1. The zero-order chi connectivity index (χ0) is 16.3. The van der Waals surface area contributed by atoms with Crippen molar-refractivity contribution in [1.82, 2.24) is 21.1 Å². The van der Waals surface area contributed by atoms with Crippen molar-refractivity contribution < 1.29 is 9.32 Å². The minimum Gasteiger partial charge on any atom is -0.361 e. The minimum absolute atomic E-state index is 0. The molecule has 1 amide bonds. The maximum absolute atomic E-state index is 11.7. The number of amides is 1. The molecule has 1 aromatic heterocycles. The molecule has 25 heavy (non-hydrogen) atoms. The van der Waals surface area contributed by atoms with E-state index in [9.17, 15) is 4.79 Å². The van der Waals surface area contributed by atoms with Gasteiger partial charge in [-0.15, -0.1) is 24.8 Å². The summed E-state index contributed by atoms with van der Waals surface area (Å²) in [4.78, 5) is 11.7. The van der Waals surface area contributed by atoms with Crippen LogP contribution in [0, 0.1) is 6.92 Å². The molecular weight excluding hydrogens is 363 g/mol. The molecule has 1 aromatic rings. The van der Waals surface area contributed by atoms with E-state index in [1.54, 1.807) is 13.0 Å². The second-order valence-corrected chi connectivity index (χ2v) is 6.32. The van der Waals surface area contributed by atoms with Gasteiger partial charge in [0, 0.05) is 31.7 Å². The van der Waals surface area contributed by atoms with Crippen molar-refractivity contribution >= 4 is 30.7 Å². The average Bonchev–Trinajstić information content (AvgIpc) is 3.00. The molecule has 1 fully saturated rings. The van der Waals surface area contributed by atoms with Crippen LogP contribution in [-0.2, 0) is 0 Å². The average molecular weight is 395 g/mol. The second-order valence-electron chi connectivity index (χ2n) is 6.32. The Morgan fingerprint density at radius 3 is 2.52 bits per heavy atom. The zero-order valence-electron chi connectivity index (χ0n) is 15.0. The van der Waals surface area contributed by atoms with Crippen LogP contribution in [0.25, 0.3) is 0 Å². The fourth-order valence-electron chi connectivity index (χ4n) is 2.94. The van der Waals surface area contributed by atoms with Gasteiger partial charge < -0.3 is 20.5 Å². The van der Waals surface area contributed by atoms with Crippen molar-refractivity contribution in [3.05, 3.63) is 17.5 Å². The fourth-order valence-corrected chi connectivity index (χ4v) is 2.94. The predicted octanol–water partition coefficient (Wildman–Crippen LogP) is 2.85. The number of carbonyl (C=O) groups excluding carboxylic acids is 1. The third kappa shape index (κ3) is 10.0. The highest BCUT2D eigenvalue weighted by Crippen LogP contribution is 2.16. The van der Waals surface area contributed by atoms with Crippen LogP contribution in [0.5, 0.6) is 0 Å². The number of hydrogen-bond acceptors (Lipinski definition) is 5. The first kappa shape index (κ1) is 24.2. The molecule has 3 N–H and O–H groups in total. The van der Waals surface area contributed by atoms with Crippen molar-refractivity contribution in [3.63, 3.8) is 0 Å². The van der Waals surface area contributed by atoms with Gasteiger partial charge in [0.15, 0.2) is 5.69 Å².